The first-order valence-corrected chi connectivity index (χ1v) is 6.61. The van der Waals surface area contributed by atoms with Crippen molar-refractivity contribution in [3.63, 3.8) is 0 Å². The van der Waals surface area contributed by atoms with Crippen LogP contribution in [0.15, 0.2) is 22.5 Å². The van der Waals surface area contributed by atoms with Gasteiger partial charge in [-0.2, -0.15) is 0 Å². The van der Waals surface area contributed by atoms with Gasteiger partial charge < -0.3 is 11.1 Å². The molecule has 0 aliphatic carbocycles. The van der Waals surface area contributed by atoms with Crippen LogP contribution >= 0.6 is 11.3 Å². The van der Waals surface area contributed by atoms with Gasteiger partial charge in [-0.25, -0.2) is 0 Å². The monoisotopic (exact) mass is 239 g/mol. The molecular weight excluding hydrogens is 218 g/mol. The van der Waals surface area contributed by atoms with Crippen molar-refractivity contribution in [3.05, 3.63) is 22.4 Å². The molecule has 0 amide bonds. The van der Waals surface area contributed by atoms with Gasteiger partial charge >= 0.3 is 0 Å². The van der Waals surface area contributed by atoms with Crippen molar-refractivity contribution >= 4 is 17.3 Å². The van der Waals surface area contributed by atoms with Crippen molar-refractivity contribution in [1.29, 1.82) is 0 Å². The van der Waals surface area contributed by atoms with E-state index < -0.39 is 0 Å². The Balaban J connectivity index is 2.54. The Bertz CT molecular complexity index is 317. The Morgan fingerprint density at radius 1 is 1.56 bits per heavy atom. The lowest BCUT2D eigenvalue weighted by atomic mass is 10.2. The van der Waals surface area contributed by atoms with Crippen LogP contribution in [0.25, 0.3) is 0 Å². The van der Waals surface area contributed by atoms with Crippen molar-refractivity contribution < 1.29 is 0 Å². The summed E-state index contributed by atoms with van der Waals surface area (Å²) in [6.07, 6.45) is 1.01. The number of thiophene rings is 1. The van der Waals surface area contributed by atoms with Gasteiger partial charge in [-0.05, 0) is 23.8 Å². The summed E-state index contributed by atoms with van der Waals surface area (Å²) in [7, 11) is 0. The molecule has 90 valence electrons. The van der Waals surface area contributed by atoms with Gasteiger partial charge in [0, 0.05) is 11.4 Å². The summed E-state index contributed by atoms with van der Waals surface area (Å²) in [4.78, 5) is 5.62. The summed E-state index contributed by atoms with van der Waals surface area (Å²) in [6.45, 7) is 7.19. The zero-order chi connectivity index (χ0) is 12.0. The Hall–Kier alpha value is -1.03. The first kappa shape index (κ1) is 13.0. The van der Waals surface area contributed by atoms with Crippen LogP contribution in [0, 0.1) is 5.92 Å². The maximum Gasteiger partial charge on any atom is 0.189 e. The van der Waals surface area contributed by atoms with Gasteiger partial charge in [-0.1, -0.05) is 26.8 Å². The number of hydrogen-bond acceptors (Lipinski definition) is 2. The van der Waals surface area contributed by atoms with Gasteiger partial charge in [0.1, 0.15) is 0 Å². The first-order chi connectivity index (χ1) is 7.63. The Morgan fingerprint density at radius 2 is 2.31 bits per heavy atom. The lowest BCUT2D eigenvalue weighted by Crippen LogP contribution is -2.34. The van der Waals surface area contributed by atoms with Crippen LogP contribution in [-0.4, -0.2) is 12.5 Å². The molecule has 1 atom stereocenters. The van der Waals surface area contributed by atoms with Gasteiger partial charge in [0.05, 0.1) is 6.04 Å². The molecule has 0 spiro atoms. The van der Waals surface area contributed by atoms with Crippen LogP contribution < -0.4 is 11.1 Å². The highest BCUT2D eigenvalue weighted by atomic mass is 32.1. The fourth-order valence-corrected chi connectivity index (χ4v) is 2.23. The topological polar surface area (TPSA) is 50.4 Å². The zero-order valence-corrected chi connectivity index (χ0v) is 11.1. The predicted molar refractivity (Wildman–Crippen MR) is 71.8 cm³/mol. The third-order valence-electron chi connectivity index (χ3n) is 2.24. The highest BCUT2D eigenvalue weighted by Gasteiger charge is 2.10. The SMILES string of the molecule is CCC(NC(N)=NCC(C)C)c1cccs1. The summed E-state index contributed by atoms with van der Waals surface area (Å²) in [5, 5.41) is 5.35. The third kappa shape index (κ3) is 4.23. The van der Waals surface area contributed by atoms with Gasteiger partial charge in [0.25, 0.3) is 0 Å². The number of guanidine groups is 1. The summed E-state index contributed by atoms with van der Waals surface area (Å²) in [5.41, 5.74) is 5.85. The van der Waals surface area contributed by atoms with Crippen LogP contribution in [0.4, 0.5) is 0 Å². The smallest absolute Gasteiger partial charge is 0.189 e. The number of nitrogens with one attached hydrogen (secondary N) is 1. The Morgan fingerprint density at radius 3 is 2.81 bits per heavy atom. The fraction of sp³-hybridized carbons (Fsp3) is 0.583. The standard InChI is InChI=1S/C12H21N3S/c1-4-10(11-6-5-7-16-11)15-12(13)14-8-9(2)3/h5-7,9-10H,4,8H2,1-3H3,(H3,13,14,15). The lowest BCUT2D eigenvalue weighted by molar-refractivity contribution is 0.620. The van der Waals surface area contributed by atoms with Crippen molar-refractivity contribution in [2.24, 2.45) is 16.6 Å². The summed E-state index contributed by atoms with van der Waals surface area (Å²) in [5.74, 6) is 1.09. The molecule has 0 radical (unpaired) electrons. The van der Waals surface area contributed by atoms with Crippen LogP contribution in [0.2, 0.25) is 0 Å². The first-order valence-electron chi connectivity index (χ1n) is 5.73. The van der Waals surface area contributed by atoms with Crippen LogP contribution in [0.1, 0.15) is 38.1 Å². The van der Waals surface area contributed by atoms with E-state index in [2.05, 4.69) is 48.6 Å². The molecule has 0 fully saturated rings. The summed E-state index contributed by atoms with van der Waals surface area (Å²) >= 11 is 1.75. The van der Waals surface area contributed by atoms with Crippen molar-refractivity contribution in [2.75, 3.05) is 6.54 Å². The molecule has 1 unspecified atom stereocenters. The van der Waals surface area contributed by atoms with Gasteiger partial charge in [0.2, 0.25) is 0 Å². The number of aliphatic imine (C=N–C) groups is 1. The Labute approximate surface area is 102 Å². The number of nitrogens with two attached hydrogens (primary N) is 1. The molecule has 1 heterocycles. The van der Waals surface area contributed by atoms with E-state index in [1.807, 2.05) is 0 Å². The minimum atomic E-state index is 0.288. The maximum atomic E-state index is 5.85. The molecule has 3 nitrogen and oxygen atoms in total. The molecule has 0 bridgehead atoms. The summed E-state index contributed by atoms with van der Waals surface area (Å²) in [6, 6.07) is 4.48. The molecule has 0 aliphatic rings. The zero-order valence-electron chi connectivity index (χ0n) is 10.2. The average Bonchev–Trinajstić information content (AvgIpc) is 2.76. The average molecular weight is 239 g/mol. The van der Waals surface area contributed by atoms with Crippen LogP contribution in [0.5, 0.6) is 0 Å². The van der Waals surface area contributed by atoms with Gasteiger partial charge in [-0.15, -0.1) is 11.3 Å². The molecule has 1 aromatic heterocycles. The lowest BCUT2D eigenvalue weighted by Gasteiger charge is -2.16. The second-order valence-electron chi connectivity index (χ2n) is 4.24. The molecular formula is C12H21N3S. The molecule has 1 rings (SSSR count). The van der Waals surface area contributed by atoms with Crippen LogP contribution in [-0.2, 0) is 0 Å². The second kappa shape index (κ2) is 6.53. The quantitative estimate of drug-likeness (QED) is 0.613. The molecule has 1 aromatic rings. The maximum absolute atomic E-state index is 5.85. The molecule has 16 heavy (non-hydrogen) atoms. The molecule has 0 saturated heterocycles. The number of hydrogen-bond donors (Lipinski definition) is 2. The van der Waals surface area contributed by atoms with Gasteiger partial charge in [-0.3, -0.25) is 4.99 Å². The molecule has 0 aromatic carbocycles. The fourth-order valence-electron chi connectivity index (χ4n) is 1.37. The summed E-state index contributed by atoms with van der Waals surface area (Å²) < 4.78 is 0. The van der Waals surface area contributed by atoms with Crippen molar-refractivity contribution in [1.82, 2.24) is 5.32 Å². The predicted octanol–water partition coefficient (Wildman–Crippen LogP) is 2.76. The van der Waals surface area contributed by atoms with E-state index in [9.17, 15) is 0 Å². The van der Waals surface area contributed by atoms with E-state index in [1.54, 1.807) is 11.3 Å². The minimum Gasteiger partial charge on any atom is -0.370 e. The van der Waals surface area contributed by atoms with E-state index in [0.29, 0.717) is 11.9 Å². The number of nitrogens with zero attached hydrogens (tertiary/aromatic N) is 1. The largest absolute Gasteiger partial charge is 0.370 e. The van der Waals surface area contributed by atoms with E-state index >= 15 is 0 Å². The Kier molecular flexibility index (Phi) is 5.32. The second-order valence-corrected chi connectivity index (χ2v) is 5.22. The van der Waals surface area contributed by atoms with Crippen molar-refractivity contribution in [3.8, 4) is 0 Å². The molecule has 4 heteroatoms. The molecule has 3 N–H and O–H groups in total. The van der Waals surface area contributed by atoms with Gasteiger partial charge in [0.15, 0.2) is 5.96 Å². The van der Waals surface area contributed by atoms with Crippen LogP contribution in [0.3, 0.4) is 0 Å². The van der Waals surface area contributed by atoms with E-state index in [1.165, 1.54) is 4.88 Å². The minimum absolute atomic E-state index is 0.288. The van der Waals surface area contributed by atoms with E-state index in [0.717, 1.165) is 13.0 Å². The molecule has 0 saturated carbocycles. The molecule has 0 aliphatic heterocycles. The highest BCUT2D eigenvalue weighted by molar-refractivity contribution is 7.10. The van der Waals surface area contributed by atoms with E-state index in [4.69, 9.17) is 5.73 Å². The third-order valence-corrected chi connectivity index (χ3v) is 3.23. The highest BCUT2D eigenvalue weighted by Crippen LogP contribution is 2.21. The number of rotatable bonds is 5. The normalized spacial score (nSPS) is 14.1. The van der Waals surface area contributed by atoms with Crippen molar-refractivity contribution in [2.45, 2.75) is 33.2 Å². The van der Waals surface area contributed by atoms with E-state index in [-0.39, 0.29) is 6.04 Å².